The molecule has 3 N–H and O–H groups in total. The van der Waals surface area contributed by atoms with Gasteiger partial charge in [-0.1, -0.05) is 41.0 Å². The van der Waals surface area contributed by atoms with Crippen LogP contribution in [-0.4, -0.2) is 31.0 Å². The van der Waals surface area contributed by atoms with Gasteiger partial charge >= 0.3 is 0 Å². The number of thioether (sulfide) groups is 1. The number of pyridine rings is 1. The lowest BCUT2D eigenvalue weighted by atomic mass is 10.2. The summed E-state index contributed by atoms with van der Waals surface area (Å²) in [6.45, 7) is 1.77. The average molecular weight is 459 g/mol. The molecule has 2 heterocycles. The van der Waals surface area contributed by atoms with Crippen molar-refractivity contribution in [3.8, 4) is 11.4 Å². The van der Waals surface area contributed by atoms with Gasteiger partial charge in [-0.2, -0.15) is 0 Å². The van der Waals surface area contributed by atoms with Crippen molar-refractivity contribution in [2.75, 3.05) is 11.2 Å². The van der Waals surface area contributed by atoms with Gasteiger partial charge in [0.15, 0.2) is 5.82 Å². The van der Waals surface area contributed by atoms with E-state index in [1.165, 1.54) is 16.4 Å². The Hall–Kier alpha value is -2.81. The molecule has 0 aliphatic rings. The molecule has 4 rings (SSSR count). The van der Waals surface area contributed by atoms with E-state index < -0.39 is 5.25 Å². The Morgan fingerprint density at radius 1 is 1.17 bits per heavy atom. The molecule has 0 radical (unpaired) electrons. The van der Waals surface area contributed by atoms with E-state index in [2.05, 4.69) is 20.5 Å². The maximum Gasteiger partial charge on any atom is 0.237 e. The highest BCUT2D eigenvalue weighted by Gasteiger charge is 2.21. The minimum atomic E-state index is -0.480. The van der Waals surface area contributed by atoms with Crippen LogP contribution in [0.5, 0.6) is 0 Å². The molecule has 0 saturated carbocycles. The molecule has 0 aliphatic carbocycles. The molecule has 1 amide bonds. The predicted octanol–water partition coefficient (Wildman–Crippen LogP) is 4.63. The molecular weight excluding hydrogens is 443 g/mol. The summed E-state index contributed by atoms with van der Waals surface area (Å²) in [6.07, 6.45) is 1.71. The van der Waals surface area contributed by atoms with Gasteiger partial charge in [-0.3, -0.25) is 9.78 Å². The zero-order chi connectivity index (χ0) is 21.3. The van der Waals surface area contributed by atoms with E-state index in [9.17, 15) is 4.79 Å². The molecule has 4 aromatic rings. The minimum absolute atomic E-state index is 0.193. The normalized spacial score (nSPS) is 12.1. The van der Waals surface area contributed by atoms with Crippen molar-refractivity contribution >= 4 is 57.5 Å². The lowest BCUT2D eigenvalue weighted by Crippen LogP contribution is -2.23. The van der Waals surface area contributed by atoms with E-state index in [0.29, 0.717) is 32.3 Å². The smallest absolute Gasteiger partial charge is 0.237 e. The van der Waals surface area contributed by atoms with Crippen LogP contribution in [0.4, 0.5) is 5.69 Å². The number of hydrogen-bond acceptors (Lipinski definition) is 6. The summed E-state index contributed by atoms with van der Waals surface area (Å²) in [5.41, 5.74) is 2.06. The molecule has 0 bridgehead atoms. The second-order valence-electron chi connectivity index (χ2n) is 6.43. The molecule has 152 valence electrons. The number of anilines is 1. The van der Waals surface area contributed by atoms with Crippen molar-refractivity contribution < 1.29 is 4.79 Å². The Morgan fingerprint density at radius 2 is 2.00 bits per heavy atom. The molecule has 0 fully saturated rings. The van der Waals surface area contributed by atoms with E-state index >= 15 is 0 Å². The number of nitrogens with two attached hydrogens (primary N) is 1. The molecule has 0 saturated heterocycles. The van der Waals surface area contributed by atoms with Crippen LogP contribution in [0.25, 0.3) is 22.3 Å². The SMILES string of the molecule is CC(Sc1nnc(-c2cc(Cl)ccc2Cl)n1N)C(=O)Nc1cccc2ncccc12. The molecule has 30 heavy (non-hydrogen) atoms. The number of rotatable bonds is 5. The number of halogens is 2. The van der Waals surface area contributed by atoms with Crippen LogP contribution in [-0.2, 0) is 4.79 Å². The van der Waals surface area contributed by atoms with Gasteiger partial charge in [0.1, 0.15) is 0 Å². The fraction of sp³-hybridized carbons (Fsp3) is 0.100. The first-order valence-electron chi connectivity index (χ1n) is 8.91. The van der Waals surface area contributed by atoms with Crippen molar-refractivity contribution in [1.29, 1.82) is 0 Å². The van der Waals surface area contributed by atoms with E-state index in [4.69, 9.17) is 29.0 Å². The van der Waals surface area contributed by atoms with Gasteiger partial charge in [0.25, 0.3) is 0 Å². The fourth-order valence-electron chi connectivity index (χ4n) is 2.87. The lowest BCUT2D eigenvalue weighted by molar-refractivity contribution is -0.115. The first kappa shape index (κ1) is 20.5. The molecular formula is C20H16Cl2N6OS. The van der Waals surface area contributed by atoms with Gasteiger partial charge in [-0.15, -0.1) is 10.2 Å². The van der Waals surface area contributed by atoms with Crippen molar-refractivity contribution in [3.63, 3.8) is 0 Å². The van der Waals surface area contributed by atoms with Crippen LogP contribution in [0, 0.1) is 0 Å². The van der Waals surface area contributed by atoms with Gasteiger partial charge in [0, 0.05) is 22.2 Å². The number of aromatic nitrogens is 4. The van der Waals surface area contributed by atoms with Gasteiger partial charge in [-0.25, -0.2) is 4.68 Å². The number of nitrogens with one attached hydrogen (secondary N) is 1. The monoisotopic (exact) mass is 458 g/mol. The maximum absolute atomic E-state index is 12.8. The Morgan fingerprint density at radius 3 is 2.83 bits per heavy atom. The Balaban J connectivity index is 1.53. The molecule has 0 aliphatic heterocycles. The van der Waals surface area contributed by atoms with Gasteiger partial charge < -0.3 is 11.2 Å². The van der Waals surface area contributed by atoms with Gasteiger partial charge in [0.05, 0.1) is 21.5 Å². The van der Waals surface area contributed by atoms with Crippen molar-refractivity contribution in [1.82, 2.24) is 19.9 Å². The number of carbonyl (C=O) groups is 1. The average Bonchev–Trinajstić information content (AvgIpc) is 3.10. The molecule has 2 aromatic carbocycles. The van der Waals surface area contributed by atoms with Crippen molar-refractivity contribution in [3.05, 3.63) is 64.8 Å². The lowest BCUT2D eigenvalue weighted by Gasteiger charge is -2.13. The molecule has 10 heteroatoms. The quantitative estimate of drug-likeness (QED) is 0.334. The van der Waals surface area contributed by atoms with Crippen LogP contribution < -0.4 is 11.2 Å². The highest BCUT2D eigenvalue weighted by atomic mass is 35.5. The van der Waals surface area contributed by atoms with Crippen LogP contribution in [0.15, 0.2) is 59.9 Å². The van der Waals surface area contributed by atoms with Crippen LogP contribution in [0.2, 0.25) is 10.0 Å². The molecule has 1 atom stereocenters. The maximum atomic E-state index is 12.8. The Kier molecular flexibility index (Phi) is 5.80. The number of nitrogens with zero attached hydrogens (tertiary/aromatic N) is 4. The number of carbonyl (C=O) groups excluding carboxylic acids is 1. The van der Waals surface area contributed by atoms with E-state index in [1.54, 1.807) is 31.3 Å². The van der Waals surface area contributed by atoms with Crippen molar-refractivity contribution in [2.24, 2.45) is 0 Å². The third-order valence-corrected chi connectivity index (χ3v) is 6.01. The topological polar surface area (TPSA) is 98.7 Å². The summed E-state index contributed by atoms with van der Waals surface area (Å²) < 4.78 is 1.30. The summed E-state index contributed by atoms with van der Waals surface area (Å²) >= 11 is 13.5. The van der Waals surface area contributed by atoms with Crippen LogP contribution in [0.1, 0.15) is 6.92 Å². The summed E-state index contributed by atoms with van der Waals surface area (Å²) in [7, 11) is 0. The van der Waals surface area contributed by atoms with Gasteiger partial charge in [0.2, 0.25) is 11.1 Å². The second-order valence-corrected chi connectivity index (χ2v) is 8.58. The molecule has 2 aromatic heterocycles. The Bertz CT molecular complexity index is 1240. The number of amides is 1. The molecule has 1 unspecified atom stereocenters. The van der Waals surface area contributed by atoms with Crippen LogP contribution >= 0.6 is 35.0 Å². The first-order valence-corrected chi connectivity index (χ1v) is 10.5. The first-order chi connectivity index (χ1) is 14.4. The standard InChI is InChI=1S/C20H16Cl2N6OS/c1-11(19(29)25-17-6-2-5-16-13(17)4-3-9-24-16)30-20-27-26-18(28(20)23)14-10-12(21)7-8-15(14)22/h2-11H,23H2,1H3,(H,25,29). The number of fused-ring (bicyclic) bond motifs is 1. The number of nitrogen functional groups attached to an aromatic ring is 1. The second kappa shape index (κ2) is 8.51. The third-order valence-electron chi connectivity index (χ3n) is 4.39. The van der Waals surface area contributed by atoms with E-state index in [1.807, 2.05) is 30.3 Å². The minimum Gasteiger partial charge on any atom is -0.335 e. The Labute approximate surface area is 186 Å². The zero-order valence-electron chi connectivity index (χ0n) is 15.7. The zero-order valence-corrected chi connectivity index (χ0v) is 18.0. The fourth-order valence-corrected chi connectivity index (χ4v) is 4.01. The summed E-state index contributed by atoms with van der Waals surface area (Å²) in [5.74, 6) is 6.32. The number of hydrogen-bond donors (Lipinski definition) is 2. The highest BCUT2D eigenvalue weighted by molar-refractivity contribution is 8.00. The third kappa shape index (κ3) is 4.07. The summed E-state index contributed by atoms with van der Waals surface area (Å²) in [4.78, 5) is 17.1. The van der Waals surface area contributed by atoms with Gasteiger partial charge in [-0.05, 0) is 49.4 Å². The van der Waals surface area contributed by atoms with Crippen molar-refractivity contribution in [2.45, 2.75) is 17.3 Å². The predicted molar refractivity (Wildman–Crippen MR) is 121 cm³/mol. The largest absolute Gasteiger partial charge is 0.335 e. The summed E-state index contributed by atoms with van der Waals surface area (Å²) in [5, 5.41) is 12.9. The summed E-state index contributed by atoms with van der Waals surface area (Å²) in [6, 6.07) is 14.3. The van der Waals surface area contributed by atoms with Crippen LogP contribution in [0.3, 0.4) is 0 Å². The molecule has 0 spiro atoms. The number of benzene rings is 2. The van der Waals surface area contributed by atoms with E-state index in [-0.39, 0.29) is 5.91 Å². The van der Waals surface area contributed by atoms with E-state index in [0.717, 1.165) is 10.9 Å². The molecule has 7 nitrogen and oxygen atoms in total. The highest BCUT2D eigenvalue weighted by Crippen LogP contribution is 2.31.